The second-order valence-corrected chi connectivity index (χ2v) is 6.62. The first kappa shape index (κ1) is 17.4. The van der Waals surface area contributed by atoms with Crippen LogP contribution in [0.4, 0.5) is 0 Å². The van der Waals surface area contributed by atoms with Crippen LogP contribution in [0.25, 0.3) is 0 Å². The first-order valence-electron chi connectivity index (χ1n) is 8.50. The maximum Gasteiger partial charge on any atom is 0.222 e. The minimum atomic E-state index is -0.282. The van der Waals surface area contributed by atoms with Crippen molar-refractivity contribution < 1.29 is 14.6 Å². The molecule has 0 aromatic carbocycles. The predicted octanol–water partition coefficient (Wildman–Crippen LogP) is 1.61. The number of amides is 1. The highest BCUT2D eigenvalue weighted by atomic mass is 16.5. The van der Waals surface area contributed by atoms with Crippen molar-refractivity contribution in [1.82, 2.24) is 20.1 Å². The summed E-state index contributed by atoms with van der Waals surface area (Å²) < 4.78 is 7.00. The molecule has 0 aliphatic heterocycles. The van der Waals surface area contributed by atoms with Crippen molar-refractivity contribution in [3.05, 3.63) is 42.0 Å². The molecular formula is C18H24N4O3. The normalized spacial score (nSPS) is 20.6. The highest BCUT2D eigenvalue weighted by Crippen LogP contribution is 2.38. The third kappa shape index (κ3) is 4.36. The maximum atomic E-state index is 12.4. The van der Waals surface area contributed by atoms with Gasteiger partial charge in [0.05, 0.1) is 31.6 Å². The van der Waals surface area contributed by atoms with E-state index >= 15 is 0 Å². The number of aromatic nitrogens is 3. The van der Waals surface area contributed by atoms with Gasteiger partial charge in [-0.2, -0.15) is 5.10 Å². The van der Waals surface area contributed by atoms with Crippen molar-refractivity contribution in [2.75, 3.05) is 7.11 Å². The first-order valence-corrected chi connectivity index (χ1v) is 8.50. The van der Waals surface area contributed by atoms with E-state index in [0.29, 0.717) is 31.6 Å². The summed E-state index contributed by atoms with van der Waals surface area (Å²) in [5, 5.41) is 16.9. The van der Waals surface area contributed by atoms with E-state index in [1.807, 2.05) is 19.2 Å². The summed E-state index contributed by atoms with van der Waals surface area (Å²) in [4.78, 5) is 16.6. The van der Waals surface area contributed by atoms with Crippen molar-refractivity contribution in [3.8, 4) is 5.75 Å². The molecule has 2 heterocycles. The van der Waals surface area contributed by atoms with Crippen LogP contribution < -0.4 is 10.1 Å². The van der Waals surface area contributed by atoms with Gasteiger partial charge in [-0.15, -0.1) is 0 Å². The topological polar surface area (TPSA) is 89.3 Å². The molecular weight excluding hydrogens is 320 g/mol. The second-order valence-electron chi connectivity index (χ2n) is 6.62. The van der Waals surface area contributed by atoms with Gasteiger partial charge in [-0.25, -0.2) is 0 Å². The van der Waals surface area contributed by atoms with E-state index in [2.05, 4.69) is 15.4 Å². The number of nitrogens with one attached hydrogen (secondary N) is 1. The predicted molar refractivity (Wildman–Crippen MR) is 92.0 cm³/mol. The van der Waals surface area contributed by atoms with Crippen molar-refractivity contribution in [2.45, 2.75) is 44.9 Å². The molecule has 1 fully saturated rings. The lowest BCUT2D eigenvalue weighted by molar-refractivity contribution is -0.123. The van der Waals surface area contributed by atoms with E-state index in [-0.39, 0.29) is 24.0 Å². The van der Waals surface area contributed by atoms with Crippen molar-refractivity contribution in [3.63, 3.8) is 0 Å². The van der Waals surface area contributed by atoms with E-state index in [9.17, 15) is 9.90 Å². The molecule has 3 rings (SSSR count). The number of pyridine rings is 1. The Hall–Kier alpha value is -2.41. The number of aliphatic hydroxyl groups is 1. The Kier molecular flexibility index (Phi) is 5.33. The number of ether oxygens (including phenoxy) is 1. The van der Waals surface area contributed by atoms with Crippen LogP contribution in [0.2, 0.25) is 0 Å². The average molecular weight is 344 g/mol. The number of aliphatic hydroxyl groups excluding tert-OH is 1. The number of carbonyl (C=O) groups excluding carboxylic acids is 1. The Labute approximate surface area is 147 Å². The molecule has 25 heavy (non-hydrogen) atoms. The zero-order valence-electron chi connectivity index (χ0n) is 14.6. The molecule has 0 bridgehead atoms. The van der Waals surface area contributed by atoms with E-state index in [1.165, 1.54) is 0 Å². The number of nitrogens with zero attached hydrogens (tertiary/aromatic N) is 3. The van der Waals surface area contributed by atoms with Crippen LogP contribution in [-0.4, -0.2) is 39.0 Å². The van der Waals surface area contributed by atoms with Crippen LogP contribution in [0.5, 0.6) is 5.75 Å². The highest BCUT2D eigenvalue weighted by Gasteiger charge is 2.35. The molecule has 1 aliphatic carbocycles. The monoisotopic (exact) mass is 344 g/mol. The van der Waals surface area contributed by atoms with Crippen LogP contribution in [0.3, 0.4) is 0 Å². The van der Waals surface area contributed by atoms with Gasteiger partial charge in [-0.05, 0) is 42.9 Å². The Balaban J connectivity index is 1.65. The Morgan fingerprint density at radius 2 is 2.24 bits per heavy atom. The summed E-state index contributed by atoms with van der Waals surface area (Å²) in [5.74, 6) is 0.825. The third-order valence-electron chi connectivity index (χ3n) is 4.60. The van der Waals surface area contributed by atoms with E-state index in [0.717, 1.165) is 11.1 Å². The largest absolute Gasteiger partial charge is 0.495 e. The van der Waals surface area contributed by atoms with Crippen LogP contribution in [0, 0.1) is 12.8 Å². The molecule has 7 heteroatoms. The summed E-state index contributed by atoms with van der Waals surface area (Å²) in [6.45, 7) is 2.51. The van der Waals surface area contributed by atoms with Gasteiger partial charge < -0.3 is 15.2 Å². The second kappa shape index (κ2) is 7.65. The molecule has 0 spiro atoms. The standard InChI is InChI=1S/C18H24N4O3/c1-12-8-20-22(11-12)4-3-17(24)21-18(13-5-15(23)6-13)14-7-16(25-2)10-19-9-14/h7-11,13,15,18,23H,3-6H2,1-2H3,(H,21,24)/t13?,15?,18-/m0/s1. The quantitative estimate of drug-likeness (QED) is 0.797. The molecule has 1 atom stereocenters. The Morgan fingerprint density at radius 1 is 1.44 bits per heavy atom. The smallest absolute Gasteiger partial charge is 0.222 e. The minimum absolute atomic E-state index is 0.0395. The van der Waals surface area contributed by atoms with Crippen molar-refractivity contribution >= 4 is 5.91 Å². The van der Waals surface area contributed by atoms with Crippen LogP contribution >= 0.6 is 0 Å². The number of methoxy groups -OCH3 is 1. The summed E-state index contributed by atoms with van der Waals surface area (Å²) in [7, 11) is 1.59. The van der Waals surface area contributed by atoms with Crippen molar-refractivity contribution in [2.24, 2.45) is 5.92 Å². The number of rotatable bonds is 7. The Bertz CT molecular complexity index is 725. The number of hydrogen-bond donors (Lipinski definition) is 2. The summed E-state index contributed by atoms with van der Waals surface area (Å²) in [5.41, 5.74) is 1.98. The molecule has 0 radical (unpaired) electrons. The van der Waals surface area contributed by atoms with Gasteiger partial charge in [-0.1, -0.05) is 0 Å². The number of hydrogen-bond acceptors (Lipinski definition) is 5. The van der Waals surface area contributed by atoms with Crippen LogP contribution in [0.1, 0.15) is 36.4 Å². The zero-order chi connectivity index (χ0) is 17.8. The van der Waals surface area contributed by atoms with Crippen molar-refractivity contribution in [1.29, 1.82) is 0 Å². The van der Waals surface area contributed by atoms with Gasteiger partial charge >= 0.3 is 0 Å². The average Bonchev–Trinajstić information content (AvgIpc) is 3.01. The van der Waals surface area contributed by atoms with E-state index in [1.54, 1.807) is 30.4 Å². The van der Waals surface area contributed by atoms with Crippen LogP contribution in [-0.2, 0) is 11.3 Å². The lowest BCUT2D eigenvalue weighted by Gasteiger charge is -2.38. The molecule has 1 amide bonds. The van der Waals surface area contributed by atoms with Gasteiger partial charge in [0.1, 0.15) is 5.75 Å². The summed E-state index contributed by atoms with van der Waals surface area (Å²) >= 11 is 0. The lowest BCUT2D eigenvalue weighted by atomic mass is 9.75. The minimum Gasteiger partial charge on any atom is -0.495 e. The molecule has 2 aromatic rings. The SMILES string of the molecule is COc1cncc([C@@H](NC(=O)CCn2cc(C)cn2)C2CC(O)C2)c1. The van der Waals surface area contributed by atoms with Gasteiger partial charge in [0.2, 0.25) is 5.91 Å². The van der Waals surface area contributed by atoms with Gasteiger partial charge in [-0.3, -0.25) is 14.5 Å². The van der Waals surface area contributed by atoms with E-state index < -0.39 is 0 Å². The lowest BCUT2D eigenvalue weighted by Crippen LogP contribution is -2.41. The molecule has 1 saturated carbocycles. The fourth-order valence-corrected chi connectivity index (χ4v) is 3.14. The maximum absolute atomic E-state index is 12.4. The Morgan fingerprint density at radius 3 is 2.88 bits per heavy atom. The number of aryl methyl sites for hydroxylation is 2. The number of carbonyl (C=O) groups is 1. The van der Waals surface area contributed by atoms with Gasteiger partial charge in [0.25, 0.3) is 0 Å². The zero-order valence-corrected chi connectivity index (χ0v) is 14.6. The van der Waals surface area contributed by atoms with Gasteiger partial charge in [0.15, 0.2) is 0 Å². The van der Waals surface area contributed by atoms with E-state index in [4.69, 9.17) is 4.74 Å². The molecule has 2 aromatic heterocycles. The third-order valence-corrected chi connectivity index (χ3v) is 4.60. The van der Waals surface area contributed by atoms with Crippen LogP contribution in [0.15, 0.2) is 30.9 Å². The van der Waals surface area contributed by atoms with Gasteiger partial charge in [0, 0.05) is 25.4 Å². The molecule has 134 valence electrons. The fraction of sp³-hybridized carbons (Fsp3) is 0.500. The summed E-state index contributed by atoms with van der Waals surface area (Å²) in [6, 6.07) is 1.72. The molecule has 0 unspecified atom stereocenters. The fourth-order valence-electron chi connectivity index (χ4n) is 3.14. The first-order chi connectivity index (χ1) is 12.0. The molecule has 2 N–H and O–H groups in total. The molecule has 7 nitrogen and oxygen atoms in total. The molecule has 1 aliphatic rings. The highest BCUT2D eigenvalue weighted by molar-refractivity contribution is 5.76. The summed E-state index contributed by atoms with van der Waals surface area (Å²) in [6.07, 6.45) is 8.51. The molecule has 0 saturated heterocycles.